The van der Waals surface area contributed by atoms with E-state index in [1.54, 1.807) is 0 Å². The van der Waals surface area contributed by atoms with Crippen LogP contribution in [0.15, 0.2) is 18.2 Å². The van der Waals surface area contributed by atoms with Crippen molar-refractivity contribution in [3.63, 3.8) is 0 Å². The first-order valence-electron chi connectivity index (χ1n) is 17.4. The number of nitrogens with one attached hydrogen (secondary N) is 1. The van der Waals surface area contributed by atoms with Crippen LogP contribution >= 0.6 is 0 Å². The molecule has 1 N–H and O–H groups in total. The molecule has 0 radical (unpaired) electrons. The Morgan fingerprint density at radius 1 is 0.822 bits per heavy atom. The molecule has 1 aromatic rings. The molecule has 0 unspecified atom stereocenters. The minimum absolute atomic E-state index is 0.343. The number of esters is 1. The minimum atomic E-state index is -3.08. The van der Waals surface area contributed by atoms with Gasteiger partial charge < -0.3 is 0 Å². The van der Waals surface area contributed by atoms with Crippen LogP contribution in [0.4, 0.5) is 4.79 Å². The van der Waals surface area contributed by atoms with E-state index in [1.807, 2.05) is 41.5 Å². The van der Waals surface area contributed by atoms with Crippen LogP contribution in [0, 0.1) is 0 Å². The number of hydrogen-bond donors (Lipinski definition) is 1. The maximum absolute atomic E-state index is 13.6. The van der Waals surface area contributed by atoms with Gasteiger partial charge in [0.1, 0.15) is 0 Å². The summed E-state index contributed by atoms with van der Waals surface area (Å²) >= 11 is -3.08. The second-order valence-corrected chi connectivity index (χ2v) is 29.2. The Bertz CT molecular complexity index is 1090. The molecule has 1 saturated heterocycles. The van der Waals surface area contributed by atoms with E-state index in [-0.39, 0.29) is 0 Å². The van der Waals surface area contributed by atoms with Gasteiger partial charge in [0, 0.05) is 0 Å². The topological polar surface area (TPSA) is 83.1 Å². The third-order valence-corrected chi connectivity index (χ3v) is 24.9. The molecule has 1 aliphatic heterocycles. The van der Waals surface area contributed by atoms with Gasteiger partial charge in [-0.1, -0.05) is 0 Å². The summed E-state index contributed by atoms with van der Waals surface area (Å²) in [5.41, 5.74) is -0.107. The van der Waals surface area contributed by atoms with Gasteiger partial charge in [-0.2, -0.15) is 0 Å². The van der Waals surface area contributed by atoms with Crippen molar-refractivity contribution in [1.82, 2.24) is 5.32 Å². The van der Waals surface area contributed by atoms with Gasteiger partial charge in [0.25, 0.3) is 0 Å². The van der Waals surface area contributed by atoms with Crippen molar-refractivity contribution in [1.29, 1.82) is 0 Å². The number of alkyl carbamates (subject to hydrolysis) is 1. The zero-order chi connectivity index (χ0) is 34.3. The first kappa shape index (κ1) is 39.9. The van der Waals surface area contributed by atoms with Crippen molar-refractivity contribution in [2.45, 2.75) is 177 Å². The predicted octanol–water partition coefficient (Wildman–Crippen LogP) is 7.82. The molecular weight excluding hydrogens is 672 g/mol. The van der Waals surface area contributed by atoms with Gasteiger partial charge >= 0.3 is 281 Å². The Morgan fingerprint density at radius 3 is 1.71 bits per heavy atom. The molecule has 1 aromatic carbocycles. The number of carbonyl (C=O) groups excluding carboxylic acids is 2. The van der Waals surface area contributed by atoms with Crippen LogP contribution in [0.3, 0.4) is 0 Å². The van der Waals surface area contributed by atoms with Gasteiger partial charge in [0.05, 0.1) is 0 Å². The van der Waals surface area contributed by atoms with Crippen LogP contribution in [0.1, 0.15) is 134 Å². The van der Waals surface area contributed by atoms with E-state index in [0.29, 0.717) is 6.42 Å². The fourth-order valence-electron chi connectivity index (χ4n) is 5.95. The quantitative estimate of drug-likeness (QED) is 0.146. The summed E-state index contributed by atoms with van der Waals surface area (Å²) in [5, 5.41) is 2.88. The number of benzene rings is 1. The van der Waals surface area contributed by atoms with Crippen LogP contribution in [0.2, 0.25) is 13.3 Å². The Balaban J connectivity index is 2.74. The molecule has 1 amide bonds. The van der Waals surface area contributed by atoms with Gasteiger partial charge in [-0.3, -0.25) is 0 Å². The van der Waals surface area contributed by atoms with Crippen molar-refractivity contribution in [3.05, 3.63) is 23.8 Å². The van der Waals surface area contributed by atoms with Crippen LogP contribution < -0.4 is 14.4 Å². The number of ether oxygens (including phenoxy) is 2. The summed E-state index contributed by atoms with van der Waals surface area (Å²) in [6, 6.07) is 5.75. The molecule has 0 spiro atoms. The molecule has 0 bridgehead atoms. The van der Waals surface area contributed by atoms with E-state index in [0.717, 1.165) is 30.3 Å². The van der Waals surface area contributed by atoms with Crippen molar-refractivity contribution in [2.24, 2.45) is 0 Å². The fraction of sp³-hybridized carbons (Fsp3) is 0.778. The zero-order valence-corrected chi connectivity index (χ0v) is 33.8. The summed E-state index contributed by atoms with van der Waals surface area (Å²) in [6.07, 6.45) is 6.81. The molecule has 1 heterocycles. The first-order chi connectivity index (χ1) is 20.7. The maximum atomic E-state index is 13.6. The van der Waals surface area contributed by atoms with Crippen molar-refractivity contribution in [2.75, 3.05) is 0 Å². The molecule has 256 valence electrons. The number of rotatable bonds is 15. The average Bonchev–Trinajstić information content (AvgIpc) is 3.12. The van der Waals surface area contributed by atoms with Crippen molar-refractivity contribution in [3.8, 4) is 0 Å². The van der Waals surface area contributed by atoms with Crippen LogP contribution in [0.25, 0.3) is 0 Å². The van der Waals surface area contributed by atoms with Crippen LogP contribution in [-0.2, 0) is 30.0 Å². The molecule has 0 aliphatic carbocycles. The van der Waals surface area contributed by atoms with Gasteiger partial charge in [0.2, 0.25) is 0 Å². The third kappa shape index (κ3) is 11.7. The average molecular weight is 736 g/mol. The summed E-state index contributed by atoms with van der Waals surface area (Å²) in [4.78, 5) is 26.7. The molecule has 9 heteroatoms. The van der Waals surface area contributed by atoms with E-state index in [1.165, 1.54) is 36.2 Å². The predicted molar refractivity (Wildman–Crippen MR) is 189 cm³/mol. The Morgan fingerprint density at radius 2 is 1.29 bits per heavy atom. The van der Waals surface area contributed by atoms with Crippen LogP contribution in [0.5, 0.6) is 0 Å². The Kier molecular flexibility index (Phi) is 14.4. The Hall–Kier alpha value is -1.26. The molecule has 0 saturated carbocycles. The summed E-state index contributed by atoms with van der Waals surface area (Å²) in [7, 11) is -0.461. The SMILES string of the molecule is CCC[CH2][Sn]([CH2]CCC)([CH2]CCC)[c]1cc(B2OC(C)(C)C(C)(C)O2)ccc1C[C@H](NC(=O)OC(C)(C)C)C(=O)OC(C)(C)C. The van der Waals surface area contributed by atoms with Crippen LogP contribution in [-0.4, -0.2) is 66.0 Å². The first-order valence-corrected chi connectivity index (χ1v) is 24.9. The molecular formula is C36H64BNO6Sn. The third-order valence-electron chi connectivity index (χ3n) is 9.06. The van der Waals surface area contributed by atoms with Crippen molar-refractivity contribution < 1.29 is 28.4 Å². The molecule has 7 nitrogen and oxygen atoms in total. The second kappa shape index (κ2) is 16.2. The molecule has 1 fully saturated rings. The van der Waals surface area contributed by atoms with E-state index >= 15 is 0 Å². The van der Waals surface area contributed by atoms with Gasteiger partial charge in [-0.25, -0.2) is 0 Å². The van der Waals surface area contributed by atoms with Gasteiger partial charge in [0.15, 0.2) is 0 Å². The summed E-state index contributed by atoms with van der Waals surface area (Å²) < 4.78 is 29.7. The molecule has 2 rings (SSSR count). The standard InChI is InChI=1S/C24H37BNO6.3C4H9.Sn/c1-21(2,3)29-19(27)18(26-20(28)30-22(4,5)6)15-16-11-13-17(14-12-16)25-31-23(7,8)24(9,10)32-25;3*1-3-4-2;/h11,13-14,18H,15H2,1-10H3,(H,26,28);3*1,3-4H2,2H3;/t18-;;;;/m0..../s1. The van der Waals surface area contributed by atoms with E-state index in [4.69, 9.17) is 18.8 Å². The summed E-state index contributed by atoms with van der Waals surface area (Å²) in [5.74, 6) is -0.453. The number of hydrogen-bond acceptors (Lipinski definition) is 6. The normalized spacial score (nSPS) is 17.2. The van der Waals surface area contributed by atoms with Gasteiger partial charge in [-0.15, -0.1) is 0 Å². The van der Waals surface area contributed by atoms with E-state index < -0.39 is 66.0 Å². The fourth-order valence-corrected chi connectivity index (χ4v) is 23.0. The summed E-state index contributed by atoms with van der Waals surface area (Å²) in [6.45, 7) is 26.2. The Labute approximate surface area is 279 Å². The van der Waals surface area contributed by atoms with E-state index in [9.17, 15) is 9.59 Å². The second-order valence-electron chi connectivity index (χ2n) is 16.0. The monoisotopic (exact) mass is 737 g/mol. The zero-order valence-electron chi connectivity index (χ0n) is 30.9. The molecule has 45 heavy (non-hydrogen) atoms. The van der Waals surface area contributed by atoms with Gasteiger partial charge in [-0.05, 0) is 0 Å². The molecule has 0 aromatic heterocycles. The van der Waals surface area contributed by atoms with Crippen molar-refractivity contribution >= 4 is 46.6 Å². The molecule has 1 atom stereocenters. The number of unbranched alkanes of at least 4 members (excludes halogenated alkanes) is 3. The van der Waals surface area contributed by atoms with E-state index in [2.05, 4.69) is 72.0 Å². The number of amides is 1. The number of carbonyl (C=O) groups is 2. The molecule has 1 aliphatic rings.